The number of hydrogen-bond donors (Lipinski definition) is 0. The predicted octanol–water partition coefficient (Wildman–Crippen LogP) is 1.40. The Kier molecular flexibility index (Phi) is 2.84. The fourth-order valence-corrected chi connectivity index (χ4v) is 0.364. The highest BCUT2D eigenvalue weighted by molar-refractivity contribution is 6.21. The Labute approximate surface area is 54.5 Å². The van der Waals surface area contributed by atoms with Crippen LogP contribution < -0.4 is 0 Å². The van der Waals surface area contributed by atoms with E-state index in [2.05, 4.69) is 0 Å². The van der Waals surface area contributed by atoms with Gasteiger partial charge in [-0.05, 0) is 13.8 Å². The minimum Gasteiger partial charge on any atom is -0.274 e. The van der Waals surface area contributed by atoms with Crippen molar-refractivity contribution in [3.8, 4) is 0 Å². The summed E-state index contributed by atoms with van der Waals surface area (Å²) in [4.78, 5) is 10.4. The van der Waals surface area contributed by atoms with E-state index >= 15 is 0 Å². The molecule has 0 aliphatic rings. The van der Waals surface area contributed by atoms with E-state index < -0.39 is 0 Å². The summed E-state index contributed by atoms with van der Waals surface area (Å²) in [5.74, 6) is -0.110. The standard InChI is InChI=1S/C5H10ClNO/c1-4(2)7(6)5(3)8/h4H,1-3H3. The van der Waals surface area contributed by atoms with E-state index in [0.29, 0.717) is 0 Å². The zero-order chi connectivity index (χ0) is 6.73. The lowest BCUT2D eigenvalue weighted by atomic mass is 10.4. The molecule has 0 saturated carbocycles. The number of rotatable bonds is 1. The van der Waals surface area contributed by atoms with Gasteiger partial charge >= 0.3 is 0 Å². The second-order valence-corrected chi connectivity index (χ2v) is 2.29. The zero-order valence-electron chi connectivity index (χ0n) is 5.31. The fourth-order valence-electron chi connectivity index (χ4n) is 0.364. The van der Waals surface area contributed by atoms with Crippen LogP contribution in [-0.4, -0.2) is 16.4 Å². The molecule has 0 saturated heterocycles. The molecule has 0 radical (unpaired) electrons. The van der Waals surface area contributed by atoms with Gasteiger partial charge in [-0.1, -0.05) is 0 Å². The van der Waals surface area contributed by atoms with Crippen LogP contribution in [0.3, 0.4) is 0 Å². The summed E-state index contributed by atoms with van der Waals surface area (Å²) in [6.45, 7) is 5.15. The summed E-state index contributed by atoms with van der Waals surface area (Å²) in [7, 11) is 0. The predicted molar refractivity (Wildman–Crippen MR) is 33.5 cm³/mol. The second-order valence-electron chi connectivity index (χ2n) is 1.92. The van der Waals surface area contributed by atoms with Crippen LogP contribution in [0.15, 0.2) is 0 Å². The van der Waals surface area contributed by atoms with Gasteiger partial charge in [0.15, 0.2) is 0 Å². The van der Waals surface area contributed by atoms with Crippen LogP contribution in [0.5, 0.6) is 0 Å². The van der Waals surface area contributed by atoms with E-state index in [1.807, 2.05) is 13.8 Å². The molecular formula is C5H10ClNO. The van der Waals surface area contributed by atoms with Crippen molar-refractivity contribution in [3.63, 3.8) is 0 Å². The van der Waals surface area contributed by atoms with Crippen LogP contribution in [0.1, 0.15) is 20.8 Å². The summed E-state index contributed by atoms with van der Waals surface area (Å²) in [6.07, 6.45) is 0. The zero-order valence-corrected chi connectivity index (χ0v) is 6.07. The lowest BCUT2D eigenvalue weighted by Gasteiger charge is -2.14. The lowest BCUT2D eigenvalue weighted by molar-refractivity contribution is -0.125. The summed E-state index contributed by atoms with van der Waals surface area (Å²) in [5, 5.41) is 0. The molecule has 0 bridgehead atoms. The first kappa shape index (κ1) is 7.76. The van der Waals surface area contributed by atoms with Gasteiger partial charge < -0.3 is 0 Å². The molecule has 0 N–H and O–H groups in total. The van der Waals surface area contributed by atoms with E-state index in [1.165, 1.54) is 11.3 Å². The number of amides is 1. The molecule has 0 fully saturated rings. The van der Waals surface area contributed by atoms with E-state index in [9.17, 15) is 4.79 Å². The molecule has 0 aromatic carbocycles. The average Bonchev–Trinajstić information content (AvgIpc) is 1.64. The van der Waals surface area contributed by atoms with E-state index in [0.717, 1.165) is 0 Å². The van der Waals surface area contributed by atoms with Crippen molar-refractivity contribution < 1.29 is 4.79 Å². The van der Waals surface area contributed by atoms with Crippen LogP contribution in [0.4, 0.5) is 0 Å². The monoisotopic (exact) mass is 135 g/mol. The molecule has 2 nitrogen and oxygen atoms in total. The number of hydrogen-bond acceptors (Lipinski definition) is 1. The minimum absolute atomic E-state index is 0.0918. The highest BCUT2D eigenvalue weighted by Gasteiger charge is 2.07. The smallest absolute Gasteiger partial charge is 0.234 e. The molecule has 0 atom stereocenters. The first-order chi connectivity index (χ1) is 3.55. The van der Waals surface area contributed by atoms with E-state index in [1.54, 1.807) is 0 Å². The van der Waals surface area contributed by atoms with Crippen molar-refractivity contribution >= 4 is 17.7 Å². The largest absolute Gasteiger partial charge is 0.274 e. The van der Waals surface area contributed by atoms with E-state index in [4.69, 9.17) is 11.8 Å². The molecule has 8 heavy (non-hydrogen) atoms. The number of carbonyl (C=O) groups excluding carboxylic acids is 1. The summed E-state index contributed by atoms with van der Waals surface area (Å²) < 4.78 is 1.17. The normalized spacial score (nSPS) is 9.62. The first-order valence-corrected chi connectivity index (χ1v) is 2.85. The average molecular weight is 136 g/mol. The Morgan fingerprint density at radius 3 is 2.00 bits per heavy atom. The molecule has 48 valence electrons. The molecule has 3 heteroatoms. The highest BCUT2D eigenvalue weighted by Crippen LogP contribution is 2.00. The SMILES string of the molecule is CC(=O)N(Cl)C(C)C. The number of nitrogens with zero attached hydrogens (tertiary/aromatic N) is 1. The van der Waals surface area contributed by atoms with Gasteiger partial charge in [-0.25, -0.2) is 0 Å². The molecule has 0 spiro atoms. The third-order valence-electron chi connectivity index (χ3n) is 0.754. The molecule has 0 aliphatic heterocycles. The summed E-state index contributed by atoms with van der Waals surface area (Å²) in [5.41, 5.74) is 0. The Morgan fingerprint density at radius 2 is 2.00 bits per heavy atom. The third kappa shape index (κ3) is 2.17. The quantitative estimate of drug-likeness (QED) is 0.498. The van der Waals surface area contributed by atoms with Gasteiger partial charge in [-0.3, -0.25) is 9.21 Å². The third-order valence-corrected chi connectivity index (χ3v) is 1.38. The molecule has 1 amide bonds. The highest BCUT2D eigenvalue weighted by atomic mass is 35.5. The van der Waals surface area contributed by atoms with Crippen LogP contribution in [0.2, 0.25) is 0 Å². The molecular weight excluding hydrogens is 126 g/mol. The van der Waals surface area contributed by atoms with Gasteiger partial charge in [-0.15, -0.1) is 0 Å². The maximum absolute atomic E-state index is 10.4. The van der Waals surface area contributed by atoms with Crippen LogP contribution in [-0.2, 0) is 4.79 Å². The maximum Gasteiger partial charge on any atom is 0.234 e. The van der Waals surface area contributed by atoms with Gasteiger partial charge in [0.25, 0.3) is 0 Å². The van der Waals surface area contributed by atoms with Crippen molar-refractivity contribution in [2.24, 2.45) is 0 Å². The summed E-state index contributed by atoms with van der Waals surface area (Å²) in [6, 6.07) is 0.0918. The van der Waals surface area contributed by atoms with Crippen LogP contribution in [0, 0.1) is 0 Å². The fraction of sp³-hybridized carbons (Fsp3) is 0.800. The first-order valence-electron chi connectivity index (χ1n) is 2.51. The van der Waals surface area contributed by atoms with Gasteiger partial charge in [0.2, 0.25) is 5.91 Å². The van der Waals surface area contributed by atoms with Gasteiger partial charge in [-0.2, -0.15) is 0 Å². The molecule has 0 aromatic rings. The Bertz CT molecular complexity index is 92.4. The number of carbonyl (C=O) groups is 1. The maximum atomic E-state index is 10.4. The van der Waals surface area contributed by atoms with Crippen molar-refractivity contribution in [1.29, 1.82) is 0 Å². The van der Waals surface area contributed by atoms with Crippen molar-refractivity contribution in [2.45, 2.75) is 26.8 Å². The van der Waals surface area contributed by atoms with Crippen LogP contribution in [0.25, 0.3) is 0 Å². The molecule has 0 heterocycles. The molecule has 0 aromatic heterocycles. The van der Waals surface area contributed by atoms with Crippen molar-refractivity contribution in [2.75, 3.05) is 0 Å². The van der Waals surface area contributed by atoms with Crippen LogP contribution >= 0.6 is 11.8 Å². The van der Waals surface area contributed by atoms with Crippen molar-refractivity contribution in [1.82, 2.24) is 4.42 Å². The Balaban J connectivity index is 3.64. The Morgan fingerprint density at radius 1 is 1.62 bits per heavy atom. The van der Waals surface area contributed by atoms with Gasteiger partial charge in [0.05, 0.1) is 0 Å². The molecule has 0 rings (SSSR count). The number of halogens is 1. The minimum atomic E-state index is -0.110. The summed E-state index contributed by atoms with van der Waals surface area (Å²) >= 11 is 5.43. The topological polar surface area (TPSA) is 20.3 Å². The molecule has 0 aliphatic carbocycles. The van der Waals surface area contributed by atoms with Gasteiger partial charge in [0, 0.05) is 24.7 Å². The molecule has 0 unspecified atom stereocenters. The van der Waals surface area contributed by atoms with E-state index in [-0.39, 0.29) is 11.9 Å². The lowest BCUT2D eigenvalue weighted by Crippen LogP contribution is -2.25. The Hall–Kier alpha value is -0.240. The van der Waals surface area contributed by atoms with Crippen molar-refractivity contribution in [3.05, 3.63) is 0 Å². The second kappa shape index (κ2) is 2.92. The van der Waals surface area contributed by atoms with Gasteiger partial charge in [0.1, 0.15) is 0 Å².